The Morgan fingerprint density at radius 3 is 2.14 bits per heavy atom. The lowest BCUT2D eigenvalue weighted by Gasteiger charge is -2.41. The summed E-state index contributed by atoms with van der Waals surface area (Å²) in [6, 6.07) is 22.1. The predicted molar refractivity (Wildman–Crippen MR) is 165 cm³/mol. The third-order valence-corrected chi connectivity index (χ3v) is 7.95. The molecule has 0 saturated carbocycles. The van der Waals surface area contributed by atoms with Crippen LogP contribution in [0.4, 0.5) is 16.2 Å². The highest BCUT2D eigenvalue weighted by Gasteiger charge is 2.38. The second kappa shape index (κ2) is 15.5. The van der Waals surface area contributed by atoms with Gasteiger partial charge in [-0.3, -0.25) is 9.59 Å². The van der Waals surface area contributed by atoms with Crippen LogP contribution in [0.15, 0.2) is 77.7 Å². The number of rotatable bonds is 11. The van der Waals surface area contributed by atoms with E-state index < -0.39 is 18.3 Å². The van der Waals surface area contributed by atoms with Crippen LogP contribution in [-0.2, 0) is 30.4 Å². The van der Waals surface area contributed by atoms with Crippen LogP contribution in [0.25, 0.3) is 0 Å². The van der Waals surface area contributed by atoms with Crippen LogP contribution in [0.3, 0.4) is 0 Å². The van der Waals surface area contributed by atoms with Gasteiger partial charge in [-0.25, -0.2) is 4.79 Å². The quantitative estimate of drug-likeness (QED) is 0.168. The second-order valence-electron chi connectivity index (χ2n) is 10.1. The van der Waals surface area contributed by atoms with Crippen molar-refractivity contribution < 1.29 is 33.7 Å². The minimum Gasteiger partial charge on any atom is -0.465 e. The van der Waals surface area contributed by atoms with Crippen molar-refractivity contribution >= 4 is 41.0 Å². The SMILES string of the molecule is CCOC(=O)CNC(=O)Nc1ccc([C@H]2O[C@@H](CSc3ccc(NC(C)=O)cc3)[C@@H](C)[C@@H](c3ccc(CO)cc3)O2)cc1. The fourth-order valence-electron chi connectivity index (χ4n) is 4.59. The lowest BCUT2D eigenvalue weighted by molar-refractivity contribution is -0.268. The summed E-state index contributed by atoms with van der Waals surface area (Å²) in [4.78, 5) is 36.0. The van der Waals surface area contributed by atoms with Crippen molar-refractivity contribution in [2.24, 2.45) is 5.92 Å². The molecule has 3 aromatic carbocycles. The number of aliphatic hydroxyl groups excluding tert-OH is 1. The van der Waals surface area contributed by atoms with Gasteiger partial charge in [0.25, 0.3) is 0 Å². The van der Waals surface area contributed by atoms with E-state index in [4.69, 9.17) is 14.2 Å². The summed E-state index contributed by atoms with van der Waals surface area (Å²) in [6.45, 7) is 5.27. The topological polar surface area (TPSA) is 135 Å². The molecule has 1 heterocycles. The Morgan fingerprint density at radius 1 is 0.884 bits per heavy atom. The van der Waals surface area contributed by atoms with Crippen LogP contribution in [0, 0.1) is 5.92 Å². The molecule has 3 aromatic rings. The fraction of sp³-hybridized carbons (Fsp3) is 0.344. The molecule has 0 unspecified atom stereocenters. The first kappa shape index (κ1) is 32.0. The molecule has 1 aliphatic heterocycles. The Hall–Kier alpha value is -3.90. The zero-order valence-corrected chi connectivity index (χ0v) is 25.2. The molecule has 0 spiro atoms. The number of urea groups is 1. The van der Waals surface area contributed by atoms with Crippen LogP contribution in [0.5, 0.6) is 0 Å². The molecule has 1 aliphatic rings. The molecule has 10 nitrogen and oxygen atoms in total. The van der Waals surface area contributed by atoms with Gasteiger partial charge >= 0.3 is 12.0 Å². The van der Waals surface area contributed by atoms with Crippen molar-refractivity contribution in [1.82, 2.24) is 5.32 Å². The zero-order chi connectivity index (χ0) is 30.8. The zero-order valence-electron chi connectivity index (χ0n) is 24.4. The van der Waals surface area contributed by atoms with E-state index in [0.29, 0.717) is 11.4 Å². The summed E-state index contributed by atoms with van der Waals surface area (Å²) in [5.74, 6) is 0.0666. The molecular formula is C32H37N3O7S. The molecule has 0 aliphatic carbocycles. The van der Waals surface area contributed by atoms with E-state index in [1.54, 1.807) is 30.8 Å². The molecule has 4 atom stereocenters. The molecule has 1 saturated heterocycles. The number of benzene rings is 3. The van der Waals surface area contributed by atoms with Crippen molar-refractivity contribution in [2.45, 2.75) is 50.8 Å². The number of aliphatic hydroxyl groups is 1. The van der Waals surface area contributed by atoms with Gasteiger partial charge in [-0.15, -0.1) is 11.8 Å². The van der Waals surface area contributed by atoms with Gasteiger partial charge in [0.2, 0.25) is 5.91 Å². The minimum absolute atomic E-state index is 0.0198. The fourth-order valence-corrected chi connectivity index (χ4v) is 5.66. The number of carbonyl (C=O) groups is 3. The Kier molecular flexibility index (Phi) is 11.6. The van der Waals surface area contributed by atoms with Gasteiger partial charge in [-0.2, -0.15) is 0 Å². The maximum atomic E-state index is 12.2. The van der Waals surface area contributed by atoms with Crippen LogP contribution in [0.1, 0.15) is 49.9 Å². The maximum Gasteiger partial charge on any atom is 0.325 e. The standard InChI is InChI=1S/C32H37N3O7S/c1-4-40-29(38)17-33-32(39)35-26-11-9-24(10-12-26)31-41-28(19-43-27-15-13-25(14-16-27)34-21(3)37)20(2)30(42-31)23-7-5-22(18-36)6-8-23/h5-16,20,28,30-31,36H,4,17-19H2,1-3H3,(H,34,37)(H2,33,35,39)/t20-,28+,30+,31+/m1/s1. The van der Waals surface area contributed by atoms with Crippen LogP contribution in [0.2, 0.25) is 0 Å². The highest BCUT2D eigenvalue weighted by Crippen LogP contribution is 2.43. The number of amides is 3. The summed E-state index contributed by atoms with van der Waals surface area (Å²) in [5.41, 5.74) is 3.89. The highest BCUT2D eigenvalue weighted by molar-refractivity contribution is 7.99. The number of thioether (sulfide) groups is 1. The predicted octanol–water partition coefficient (Wildman–Crippen LogP) is 5.41. The molecule has 3 amide bonds. The number of hydrogen-bond donors (Lipinski definition) is 4. The monoisotopic (exact) mass is 607 g/mol. The van der Waals surface area contributed by atoms with Crippen molar-refractivity contribution in [2.75, 3.05) is 29.5 Å². The van der Waals surface area contributed by atoms with Crippen LogP contribution < -0.4 is 16.0 Å². The highest BCUT2D eigenvalue weighted by atomic mass is 32.2. The smallest absolute Gasteiger partial charge is 0.325 e. The average Bonchev–Trinajstić information content (AvgIpc) is 3.00. The van der Waals surface area contributed by atoms with Crippen molar-refractivity contribution in [3.8, 4) is 0 Å². The summed E-state index contributed by atoms with van der Waals surface area (Å²) >= 11 is 1.66. The Labute approximate surface area is 255 Å². The molecule has 0 aromatic heterocycles. The molecule has 0 bridgehead atoms. The first-order valence-electron chi connectivity index (χ1n) is 14.1. The van der Waals surface area contributed by atoms with E-state index in [2.05, 4.69) is 22.9 Å². The van der Waals surface area contributed by atoms with Crippen molar-refractivity contribution in [3.05, 3.63) is 89.5 Å². The van der Waals surface area contributed by atoms with Gasteiger partial charge < -0.3 is 35.3 Å². The third kappa shape index (κ3) is 9.29. The third-order valence-electron chi connectivity index (χ3n) is 6.85. The number of anilines is 2. The van der Waals surface area contributed by atoms with Crippen LogP contribution >= 0.6 is 11.8 Å². The number of ether oxygens (including phenoxy) is 3. The van der Waals surface area contributed by atoms with Gasteiger partial charge in [0.15, 0.2) is 6.29 Å². The number of carbonyl (C=O) groups excluding carboxylic acids is 3. The molecule has 4 N–H and O–H groups in total. The summed E-state index contributed by atoms with van der Waals surface area (Å²) < 4.78 is 17.8. The first-order valence-corrected chi connectivity index (χ1v) is 15.1. The maximum absolute atomic E-state index is 12.2. The first-order chi connectivity index (χ1) is 20.7. The Morgan fingerprint density at radius 2 is 1.51 bits per heavy atom. The summed E-state index contributed by atoms with van der Waals surface area (Å²) in [7, 11) is 0. The van der Waals surface area contributed by atoms with E-state index in [1.165, 1.54) is 6.92 Å². The van der Waals surface area contributed by atoms with Crippen molar-refractivity contribution in [3.63, 3.8) is 0 Å². The van der Waals surface area contributed by atoms with Gasteiger partial charge in [-0.1, -0.05) is 43.3 Å². The van der Waals surface area contributed by atoms with Crippen molar-refractivity contribution in [1.29, 1.82) is 0 Å². The van der Waals surface area contributed by atoms with E-state index in [-0.39, 0.29) is 43.8 Å². The Bertz CT molecular complexity index is 1370. The second-order valence-corrected chi connectivity index (χ2v) is 11.2. The van der Waals surface area contributed by atoms with E-state index in [1.807, 2.05) is 60.7 Å². The van der Waals surface area contributed by atoms with E-state index in [0.717, 1.165) is 27.3 Å². The molecule has 1 fully saturated rings. The lowest BCUT2D eigenvalue weighted by Crippen LogP contribution is -2.38. The Balaban J connectivity index is 1.46. The van der Waals surface area contributed by atoms with Crippen LogP contribution in [-0.4, -0.2) is 48.0 Å². The van der Waals surface area contributed by atoms with Gasteiger partial charge in [0.05, 0.1) is 25.4 Å². The molecule has 11 heteroatoms. The summed E-state index contributed by atoms with van der Waals surface area (Å²) in [5, 5.41) is 17.4. The van der Waals surface area contributed by atoms with E-state index >= 15 is 0 Å². The average molecular weight is 608 g/mol. The molecule has 4 rings (SSSR count). The molecule has 43 heavy (non-hydrogen) atoms. The van der Waals surface area contributed by atoms with Gasteiger partial charge in [0.1, 0.15) is 6.54 Å². The minimum atomic E-state index is -0.654. The molecule has 0 radical (unpaired) electrons. The van der Waals surface area contributed by atoms with E-state index in [9.17, 15) is 19.5 Å². The number of esters is 1. The number of nitrogens with one attached hydrogen (secondary N) is 3. The molecule has 228 valence electrons. The largest absolute Gasteiger partial charge is 0.465 e. The van der Waals surface area contributed by atoms with Gasteiger partial charge in [0, 0.05) is 40.4 Å². The lowest BCUT2D eigenvalue weighted by atomic mass is 9.91. The number of hydrogen-bond acceptors (Lipinski definition) is 8. The normalized spacial score (nSPS) is 19.7. The molecular weight excluding hydrogens is 570 g/mol. The summed E-state index contributed by atoms with van der Waals surface area (Å²) in [6.07, 6.45) is -1.07. The van der Waals surface area contributed by atoms with Gasteiger partial charge in [-0.05, 0) is 54.4 Å².